The first kappa shape index (κ1) is 21.3. The van der Waals surface area contributed by atoms with Gasteiger partial charge in [-0.2, -0.15) is 8.42 Å². The number of aryl methyl sites for hydroxylation is 1. The first-order valence-electron chi connectivity index (χ1n) is 9.50. The summed E-state index contributed by atoms with van der Waals surface area (Å²) < 4.78 is 44.0. The summed E-state index contributed by atoms with van der Waals surface area (Å²) in [7, 11) is -2.63. The Balaban J connectivity index is 1.61. The van der Waals surface area contributed by atoms with Crippen molar-refractivity contribution in [3.8, 4) is 22.6 Å². The second-order valence-corrected chi connectivity index (χ2v) is 9.65. The number of benzene rings is 2. The smallest absolute Gasteiger partial charge is 0.304 e. The average molecular weight is 456 g/mol. The van der Waals surface area contributed by atoms with Gasteiger partial charge in [-0.15, -0.1) is 11.3 Å². The van der Waals surface area contributed by atoms with Gasteiger partial charge in [0, 0.05) is 22.2 Å². The second kappa shape index (κ2) is 8.30. The Hall–Kier alpha value is -2.94. The lowest BCUT2D eigenvalue weighted by atomic mass is 10.1. The highest BCUT2D eigenvalue weighted by molar-refractivity contribution is 7.88. The number of pyridine rings is 1. The molecule has 0 saturated carbocycles. The van der Waals surface area contributed by atoms with Crippen LogP contribution in [-0.4, -0.2) is 25.1 Å². The first-order valence-corrected chi connectivity index (χ1v) is 11.8. The van der Waals surface area contributed by atoms with E-state index in [1.54, 1.807) is 18.6 Å². The van der Waals surface area contributed by atoms with Gasteiger partial charge >= 0.3 is 10.1 Å². The van der Waals surface area contributed by atoms with Crippen molar-refractivity contribution in [3.63, 3.8) is 0 Å². The molecule has 4 rings (SSSR count). The van der Waals surface area contributed by atoms with Crippen LogP contribution in [0, 0.1) is 13.8 Å². The van der Waals surface area contributed by atoms with Crippen LogP contribution in [0.15, 0.2) is 58.1 Å². The summed E-state index contributed by atoms with van der Waals surface area (Å²) in [6, 6.07) is 14.8. The Morgan fingerprint density at radius 1 is 1.06 bits per heavy atom. The molecule has 0 fully saturated rings. The van der Waals surface area contributed by atoms with Crippen molar-refractivity contribution in [1.82, 2.24) is 4.98 Å². The van der Waals surface area contributed by atoms with Crippen molar-refractivity contribution in [1.29, 1.82) is 0 Å². The molecule has 0 saturated heterocycles. The highest BCUT2D eigenvalue weighted by atomic mass is 32.3. The molecule has 2 heterocycles. The maximum absolute atomic E-state index is 11.6. The quantitative estimate of drug-likeness (QED) is 0.391. The zero-order valence-corrected chi connectivity index (χ0v) is 18.9. The van der Waals surface area contributed by atoms with Crippen LogP contribution in [-0.2, 0) is 16.7 Å². The van der Waals surface area contributed by atoms with Gasteiger partial charge in [-0.25, -0.2) is 0 Å². The van der Waals surface area contributed by atoms with E-state index in [-0.39, 0.29) is 4.21 Å². The first-order chi connectivity index (χ1) is 14.8. The van der Waals surface area contributed by atoms with Gasteiger partial charge in [-0.05, 0) is 54.6 Å². The molecule has 0 radical (unpaired) electrons. The molecule has 8 heteroatoms. The molecule has 0 aliphatic carbocycles. The number of rotatable bonds is 6. The number of fused-ring (bicyclic) bond motifs is 1. The average Bonchev–Trinajstić information content (AvgIpc) is 3.25. The summed E-state index contributed by atoms with van der Waals surface area (Å²) in [6.07, 6.45) is 0. The Kier molecular flexibility index (Phi) is 5.70. The number of hydrogen-bond acceptors (Lipinski definition) is 6. The predicted molar refractivity (Wildman–Crippen MR) is 122 cm³/mol. The fourth-order valence-electron chi connectivity index (χ4n) is 3.38. The number of hydrogen-bond donors (Lipinski definition) is 1. The van der Waals surface area contributed by atoms with Crippen LogP contribution in [0.2, 0.25) is 0 Å². The van der Waals surface area contributed by atoms with Crippen LogP contribution in [0.3, 0.4) is 0 Å². The minimum absolute atomic E-state index is 0.0557. The predicted octanol–water partition coefficient (Wildman–Crippen LogP) is 5.41. The van der Waals surface area contributed by atoms with Crippen LogP contribution in [0.4, 0.5) is 0 Å². The minimum Gasteiger partial charge on any atom is -0.497 e. The van der Waals surface area contributed by atoms with Crippen LogP contribution in [0.1, 0.15) is 16.8 Å². The van der Waals surface area contributed by atoms with Crippen molar-refractivity contribution in [2.24, 2.45) is 0 Å². The van der Waals surface area contributed by atoms with Gasteiger partial charge < -0.3 is 9.47 Å². The Morgan fingerprint density at radius 2 is 1.81 bits per heavy atom. The van der Waals surface area contributed by atoms with E-state index in [1.807, 2.05) is 56.3 Å². The van der Waals surface area contributed by atoms with Crippen molar-refractivity contribution in [3.05, 3.63) is 70.7 Å². The van der Waals surface area contributed by atoms with Crippen molar-refractivity contribution >= 4 is 32.4 Å². The highest BCUT2D eigenvalue weighted by Gasteiger charge is 2.18. The van der Waals surface area contributed by atoms with Gasteiger partial charge in [0.15, 0.2) is 4.21 Å². The molecule has 0 atom stereocenters. The molecule has 4 aromatic rings. The maximum atomic E-state index is 11.6. The van der Waals surface area contributed by atoms with Crippen LogP contribution < -0.4 is 9.47 Å². The molecular weight excluding hydrogens is 434 g/mol. The zero-order valence-electron chi connectivity index (χ0n) is 17.2. The Morgan fingerprint density at radius 3 is 2.48 bits per heavy atom. The molecule has 1 N–H and O–H groups in total. The van der Waals surface area contributed by atoms with Gasteiger partial charge in [0.25, 0.3) is 0 Å². The van der Waals surface area contributed by atoms with Gasteiger partial charge in [-0.3, -0.25) is 9.54 Å². The number of methoxy groups -OCH3 is 1. The largest absolute Gasteiger partial charge is 0.497 e. The lowest BCUT2D eigenvalue weighted by Gasteiger charge is -2.15. The van der Waals surface area contributed by atoms with E-state index in [2.05, 4.69) is 4.98 Å². The molecular formula is C23H21NO5S2. The second-order valence-electron chi connectivity index (χ2n) is 7.12. The van der Waals surface area contributed by atoms with Gasteiger partial charge in [0.05, 0.1) is 12.6 Å². The van der Waals surface area contributed by atoms with E-state index in [1.165, 1.54) is 0 Å². The summed E-state index contributed by atoms with van der Waals surface area (Å²) >= 11 is 0.991. The molecule has 160 valence electrons. The molecule has 0 amide bonds. The summed E-state index contributed by atoms with van der Waals surface area (Å²) in [6.45, 7) is 4.27. The van der Waals surface area contributed by atoms with E-state index in [9.17, 15) is 13.0 Å². The zero-order chi connectivity index (χ0) is 22.2. The van der Waals surface area contributed by atoms with E-state index in [4.69, 9.17) is 9.47 Å². The Bertz CT molecular complexity index is 1360. The van der Waals surface area contributed by atoms with E-state index >= 15 is 0 Å². The van der Waals surface area contributed by atoms with E-state index in [0.717, 1.165) is 50.6 Å². The molecule has 0 unspecified atom stereocenters. The molecule has 0 spiro atoms. The summed E-state index contributed by atoms with van der Waals surface area (Å²) in [4.78, 5) is 4.63. The van der Waals surface area contributed by atoms with Crippen LogP contribution in [0.25, 0.3) is 22.0 Å². The molecule has 6 nitrogen and oxygen atoms in total. The molecule has 0 bridgehead atoms. The maximum Gasteiger partial charge on any atom is 0.304 e. The Labute approximate surface area is 184 Å². The normalized spacial score (nSPS) is 11.6. The number of ether oxygens (including phenoxy) is 2. The number of nitrogens with zero attached hydrogens (tertiary/aromatic N) is 1. The lowest BCUT2D eigenvalue weighted by molar-refractivity contribution is 0.307. The van der Waals surface area contributed by atoms with Gasteiger partial charge in [0.1, 0.15) is 18.1 Å². The highest BCUT2D eigenvalue weighted by Crippen LogP contribution is 2.34. The summed E-state index contributed by atoms with van der Waals surface area (Å²) in [5, 5.41) is 2.53. The molecule has 0 aliphatic rings. The van der Waals surface area contributed by atoms with E-state index < -0.39 is 10.1 Å². The fraction of sp³-hybridized carbons (Fsp3) is 0.174. The summed E-state index contributed by atoms with van der Waals surface area (Å²) in [5.41, 5.74) is 4.83. The van der Waals surface area contributed by atoms with Gasteiger partial charge in [0.2, 0.25) is 0 Å². The van der Waals surface area contributed by atoms with Crippen molar-refractivity contribution in [2.45, 2.75) is 24.7 Å². The van der Waals surface area contributed by atoms with E-state index in [0.29, 0.717) is 17.7 Å². The van der Waals surface area contributed by atoms with Crippen LogP contribution >= 0.6 is 11.3 Å². The number of thiophene rings is 1. The third-order valence-electron chi connectivity index (χ3n) is 5.13. The van der Waals surface area contributed by atoms with Gasteiger partial charge in [-0.1, -0.05) is 24.3 Å². The standard InChI is InChI=1S/C23H21NO5S2/c1-14-15(2)24-21-9-8-18(28-3)12-20(21)22(14)29-13-16-4-6-17(7-5-16)19-10-11-30-23(19)31(25,26)27/h4-12H,13H2,1-3H3,(H,25,26,27). The monoisotopic (exact) mass is 455 g/mol. The summed E-state index contributed by atoms with van der Waals surface area (Å²) in [5.74, 6) is 1.49. The topological polar surface area (TPSA) is 85.7 Å². The van der Waals surface area contributed by atoms with Crippen molar-refractivity contribution in [2.75, 3.05) is 7.11 Å². The third kappa shape index (κ3) is 4.27. The third-order valence-corrected chi connectivity index (χ3v) is 7.45. The molecule has 0 aliphatic heterocycles. The molecule has 2 aromatic heterocycles. The lowest BCUT2D eigenvalue weighted by Crippen LogP contribution is -2.01. The minimum atomic E-state index is -4.25. The fourth-order valence-corrected chi connectivity index (χ4v) is 5.14. The SMILES string of the molecule is COc1ccc2nc(C)c(C)c(OCc3ccc(-c4ccsc4S(=O)(=O)O)cc3)c2c1. The number of aromatic nitrogens is 1. The molecule has 31 heavy (non-hydrogen) atoms. The molecule has 2 aromatic carbocycles. The van der Waals surface area contributed by atoms with Crippen molar-refractivity contribution < 1.29 is 22.4 Å². The van der Waals surface area contributed by atoms with Crippen LogP contribution in [0.5, 0.6) is 11.5 Å².